The number of likely N-dealkylation sites (N-methyl/N-ethyl adjacent to an activating group) is 1. The molecule has 0 aromatic rings. The molecule has 0 fully saturated rings. The van der Waals surface area contributed by atoms with Crippen molar-refractivity contribution < 1.29 is 9.90 Å². The molecule has 0 rings (SSSR count). The Morgan fingerprint density at radius 2 is 2.44 bits per heavy atom. The minimum Gasteiger partial charge on any atom is -0.480 e. The third kappa shape index (κ3) is 3.97. The number of rotatable bonds is 3. The molecule has 3 nitrogen and oxygen atoms in total. The van der Waals surface area contributed by atoms with Gasteiger partial charge >= 0.3 is 5.97 Å². The lowest BCUT2D eigenvalue weighted by Crippen LogP contribution is -2.31. The first-order chi connectivity index (χ1) is 4.57. The van der Waals surface area contributed by atoms with Gasteiger partial charge in [0.2, 0.25) is 0 Å². The first kappa shape index (κ1) is 6.55. The summed E-state index contributed by atoms with van der Waals surface area (Å²) in [7, 11) is 1.81. The van der Waals surface area contributed by atoms with Crippen LogP contribution in [0.5, 0.6) is 0 Å². The van der Waals surface area contributed by atoms with Crippen molar-refractivity contribution in [1.29, 1.82) is 1.43 Å². The Morgan fingerprint density at radius 1 is 1.89 bits per heavy atom. The quantitative estimate of drug-likeness (QED) is 0.606. The maximum atomic E-state index is 10.5. The molecule has 1 N–H and O–H groups in total. The lowest BCUT2D eigenvalue weighted by molar-refractivity contribution is -0.138. The summed E-state index contributed by atoms with van der Waals surface area (Å²) in [6, 6.07) is 0.305. The SMILES string of the molecule is [3H]OC(=O)CN(C)C(C)C. The predicted octanol–water partition coefficient (Wildman–Crippen LogP) is 0.411. The second-order valence-corrected chi connectivity index (χ2v) is 2.38. The van der Waals surface area contributed by atoms with Crippen LogP contribution in [0, 0.1) is 0 Å². The van der Waals surface area contributed by atoms with E-state index in [-0.39, 0.29) is 6.54 Å². The van der Waals surface area contributed by atoms with E-state index in [4.69, 9.17) is 1.43 Å². The summed E-state index contributed by atoms with van der Waals surface area (Å²) >= 11 is 0. The van der Waals surface area contributed by atoms with Crippen molar-refractivity contribution in [2.45, 2.75) is 19.9 Å². The summed E-state index contributed by atoms with van der Waals surface area (Å²) in [4.78, 5) is 12.3. The van der Waals surface area contributed by atoms with Crippen LogP contribution in [-0.2, 0) is 4.79 Å². The van der Waals surface area contributed by atoms with E-state index >= 15 is 0 Å². The van der Waals surface area contributed by atoms with Gasteiger partial charge in [-0.3, -0.25) is 9.69 Å². The first-order valence-corrected chi connectivity index (χ1v) is 2.94. The van der Waals surface area contributed by atoms with Crippen LogP contribution in [0.1, 0.15) is 13.8 Å². The molecule has 54 valence electrons. The third-order valence-electron chi connectivity index (χ3n) is 1.26. The van der Waals surface area contributed by atoms with Gasteiger partial charge in [-0.2, -0.15) is 0 Å². The lowest BCUT2D eigenvalue weighted by Gasteiger charge is -2.17. The Hall–Kier alpha value is -0.570. The van der Waals surface area contributed by atoms with Crippen LogP contribution in [0.3, 0.4) is 0 Å². The summed E-state index contributed by atoms with van der Waals surface area (Å²) in [5.41, 5.74) is 0. The van der Waals surface area contributed by atoms with Gasteiger partial charge in [-0.05, 0) is 20.9 Å². The lowest BCUT2D eigenvalue weighted by atomic mass is 10.3. The molecular formula is C6H13NO2. The molecule has 0 atom stereocenters. The van der Waals surface area contributed by atoms with Crippen molar-refractivity contribution in [3.05, 3.63) is 0 Å². The minimum absolute atomic E-state index is 0.182. The molecule has 0 saturated heterocycles. The van der Waals surface area contributed by atoms with Crippen LogP contribution in [-0.4, -0.2) is 35.6 Å². The Balaban J connectivity index is 3.57. The van der Waals surface area contributed by atoms with E-state index in [1.54, 1.807) is 4.90 Å². The zero-order chi connectivity index (χ0) is 8.15. The van der Waals surface area contributed by atoms with Crippen LogP contribution in [0.2, 0.25) is 0 Å². The molecule has 0 unspecified atom stereocenters. The minimum atomic E-state index is -0.517. The maximum absolute atomic E-state index is 10.5. The smallest absolute Gasteiger partial charge is 0.317 e. The van der Waals surface area contributed by atoms with Crippen molar-refractivity contribution in [1.82, 2.24) is 4.90 Å². The Labute approximate surface area is 56.8 Å². The van der Waals surface area contributed by atoms with Gasteiger partial charge in [0.05, 0.1) is 6.54 Å². The standard InChI is InChI=1S/C6H13NO2/c1-5(2)7(3)4-6(8)9/h5H,4H2,1-3H3,(H,8,9)/i/hT. The van der Waals surface area contributed by atoms with Crippen molar-refractivity contribution in [3.8, 4) is 0 Å². The monoisotopic (exact) mass is 133 g/mol. The molecule has 0 aliphatic carbocycles. The summed E-state index contributed by atoms with van der Waals surface area (Å²) in [5, 5.41) is 3.74. The summed E-state index contributed by atoms with van der Waals surface area (Å²) < 4.78 is 6.27. The average Bonchev–Trinajstić information content (AvgIpc) is 1.87. The van der Waals surface area contributed by atoms with Gasteiger partial charge in [0, 0.05) is 6.04 Å². The van der Waals surface area contributed by atoms with Crippen LogP contribution < -0.4 is 0 Å². The number of nitrogens with zero attached hydrogens (tertiary/aromatic N) is 1. The van der Waals surface area contributed by atoms with Gasteiger partial charge in [0.1, 0.15) is 0 Å². The zero-order valence-corrected chi connectivity index (χ0v) is 6.05. The molecule has 0 heterocycles. The van der Waals surface area contributed by atoms with Crippen molar-refractivity contribution >= 4 is 5.97 Å². The fourth-order valence-electron chi connectivity index (χ4n) is 0.386. The number of hydrogen-bond donors (Lipinski definition) is 1. The Bertz CT molecular complexity index is 116. The summed E-state index contributed by atoms with van der Waals surface area (Å²) in [6.07, 6.45) is 0. The number of aliphatic carboxylic acids is 1. The van der Waals surface area contributed by atoms with Gasteiger partial charge in [-0.15, -0.1) is 0 Å². The van der Waals surface area contributed by atoms with Gasteiger partial charge in [-0.25, -0.2) is 0 Å². The maximum Gasteiger partial charge on any atom is 0.317 e. The van der Waals surface area contributed by atoms with Gasteiger partial charge < -0.3 is 5.11 Å². The number of carboxylic acids is 1. The fourth-order valence-corrected chi connectivity index (χ4v) is 0.386. The molecule has 0 aliphatic heterocycles. The zero-order valence-electron chi connectivity index (χ0n) is 7.05. The summed E-state index contributed by atoms with van der Waals surface area (Å²) in [5.74, 6) is -0.517. The van der Waals surface area contributed by atoms with Crippen LogP contribution in [0.25, 0.3) is 1.43 Å². The van der Waals surface area contributed by atoms with Gasteiger partial charge in [0.25, 0.3) is 1.43 Å². The molecule has 0 aliphatic rings. The topological polar surface area (TPSA) is 40.5 Å². The molecule has 0 bridgehead atoms. The fraction of sp³-hybridized carbons (Fsp3) is 0.833. The molecule has 0 aromatic heterocycles. The van der Waals surface area contributed by atoms with E-state index < -0.39 is 5.97 Å². The molecule has 0 amide bonds. The average molecular weight is 133 g/mol. The van der Waals surface area contributed by atoms with E-state index in [1.807, 2.05) is 20.9 Å². The van der Waals surface area contributed by atoms with Crippen molar-refractivity contribution in [2.24, 2.45) is 0 Å². The third-order valence-corrected chi connectivity index (χ3v) is 1.26. The largest absolute Gasteiger partial charge is 0.480 e. The number of hydrogen-bond acceptors (Lipinski definition) is 3. The van der Waals surface area contributed by atoms with E-state index in [1.165, 1.54) is 0 Å². The van der Waals surface area contributed by atoms with E-state index in [0.29, 0.717) is 6.04 Å². The molecule has 0 spiro atoms. The summed E-state index contributed by atoms with van der Waals surface area (Å²) in [6.45, 7) is 4.12. The van der Waals surface area contributed by atoms with E-state index in [0.717, 1.165) is 0 Å². The van der Waals surface area contributed by atoms with Crippen LogP contribution in [0.15, 0.2) is 0 Å². The normalized spacial score (nSPS) is 11.9. The molecule has 0 aromatic carbocycles. The van der Waals surface area contributed by atoms with Crippen molar-refractivity contribution in [2.75, 3.05) is 13.6 Å². The molecule has 9 heavy (non-hydrogen) atoms. The highest BCUT2D eigenvalue weighted by Crippen LogP contribution is 1.90. The molecule has 3 heteroatoms. The second kappa shape index (κ2) is 3.45. The first-order valence-electron chi connectivity index (χ1n) is 3.35. The Kier molecular flexibility index (Phi) is 2.51. The second-order valence-electron chi connectivity index (χ2n) is 2.38. The van der Waals surface area contributed by atoms with Gasteiger partial charge in [-0.1, -0.05) is 0 Å². The highest BCUT2D eigenvalue weighted by Gasteiger charge is 2.05. The molecule has 0 radical (unpaired) electrons. The van der Waals surface area contributed by atoms with Crippen LogP contribution in [0.4, 0.5) is 0 Å². The van der Waals surface area contributed by atoms with Gasteiger partial charge in [0.15, 0.2) is 0 Å². The highest BCUT2D eigenvalue weighted by atomic mass is 16.4. The van der Waals surface area contributed by atoms with Crippen LogP contribution >= 0.6 is 0 Å². The predicted molar refractivity (Wildman–Crippen MR) is 35.4 cm³/mol. The Morgan fingerprint density at radius 3 is 2.78 bits per heavy atom. The van der Waals surface area contributed by atoms with Crippen molar-refractivity contribution in [3.63, 3.8) is 0 Å². The number of carbonyl (C=O) groups is 1. The number of carboxylic acid groups (broad SMARTS) is 1. The molecule has 0 saturated carbocycles. The molecular weight excluding hydrogens is 118 g/mol. The van der Waals surface area contributed by atoms with E-state index in [2.05, 4.69) is 5.11 Å². The van der Waals surface area contributed by atoms with E-state index in [9.17, 15) is 4.79 Å². The highest BCUT2D eigenvalue weighted by molar-refractivity contribution is 5.69.